The normalized spacial score (nSPS) is 18.0. The molecule has 1 saturated heterocycles. The van der Waals surface area contributed by atoms with E-state index >= 15 is 0 Å². The predicted molar refractivity (Wildman–Crippen MR) is 125 cm³/mol. The zero-order valence-corrected chi connectivity index (χ0v) is 20.6. The van der Waals surface area contributed by atoms with E-state index in [0.717, 1.165) is 5.56 Å². The number of hydrogen-bond acceptors (Lipinski definition) is 6. The first-order chi connectivity index (χ1) is 13.2. The fourth-order valence-electron chi connectivity index (χ4n) is 3.00. The highest BCUT2D eigenvalue weighted by Gasteiger charge is 2.40. The number of aliphatic imine (C=N–C) groups is 1. The molecule has 29 heavy (non-hydrogen) atoms. The minimum atomic E-state index is -3.10. The summed E-state index contributed by atoms with van der Waals surface area (Å²) in [6.07, 6.45) is 0. The Labute approximate surface area is 190 Å². The van der Waals surface area contributed by atoms with Crippen LogP contribution >= 0.6 is 24.0 Å². The maximum absolute atomic E-state index is 12.3. The molecule has 0 unspecified atom stereocenters. The van der Waals surface area contributed by atoms with Crippen LogP contribution in [0.25, 0.3) is 0 Å². The number of methoxy groups -OCH3 is 1. The van der Waals surface area contributed by atoms with E-state index in [9.17, 15) is 8.42 Å². The van der Waals surface area contributed by atoms with Crippen molar-refractivity contribution in [1.82, 2.24) is 10.2 Å². The van der Waals surface area contributed by atoms with E-state index in [1.54, 1.807) is 27.0 Å². The van der Waals surface area contributed by atoms with Gasteiger partial charge in [0.1, 0.15) is 6.61 Å². The Balaban J connectivity index is 0.00000420. The number of nitrogens with zero attached hydrogens (tertiary/aromatic N) is 2. The zero-order valence-electron chi connectivity index (χ0n) is 17.5. The lowest BCUT2D eigenvalue weighted by molar-refractivity contribution is 0.196. The Bertz CT molecular complexity index is 799. The molecule has 1 aromatic rings. The van der Waals surface area contributed by atoms with Gasteiger partial charge < -0.3 is 24.8 Å². The number of sulfone groups is 1. The summed E-state index contributed by atoms with van der Waals surface area (Å²) in [6, 6.07) is 5.54. The van der Waals surface area contributed by atoms with Crippen molar-refractivity contribution < 1.29 is 23.0 Å². The van der Waals surface area contributed by atoms with Crippen LogP contribution in [0, 0.1) is 0 Å². The van der Waals surface area contributed by atoms with Gasteiger partial charge in [0.2, 0.25) is 0 Å². The van der Waals surface area contributed by atoms with E-state index in [1.807, 2.05) is 24.0 Å². The van der Waals surface area contributed by atoms with Crippen molar-refractivity contribution in [3.05, 3.63) is 23.8 Å². The first kappa shape index (κ1) is 25.8. The standard InChI is InChI=1S/C19H31N3O5S.HI/c1-5-20-18(22-8-11-28(24,25)19(2,3)14-22)21-13-15-6-7-16(27-10-9-23)17(12-15)26-4;/h6-7,12,23H,5,8-11,13-14H2,1-4H3,(H,20,21);1H. The second-order valence-corrected chi connectivity index (χ2v) is 9.97. The third-order valence-electron chi connectivity index (χ3n) is 4.67. The summed E-state index contributed by atoms with van der Waals surface area (Å²) in [5, 5.41) is 12.2. The number of ether oxygens (including phenoxy) is 2. The molecule has 0 spiro atoms. The lowest BCUT2D eigenvalue weighted by Crippen LogP contribution is -2.57. The molecule has 1 aromatic carbocycles. The number of benzene rings is 1. The van der Waals surface area contributed by atoms with E-state index in [4.69, 9.17) is 14.6 Å². The van der Waals surface area contributed by atoms with Crippen molar-refractivity contribution in [1.29, 1.82) is 0 Å². The minimum Gasteiger partial charge on any atom is -0.493 e. The SMILES string of the molecule is CCNC(=NCc1ccc(OCCO)c(OC)c1)N1CCS(=O)(=O)C(C)(C)C1.I. The molecule has 1 heterocycles. The van der Waals surface area contributed by atoms with Gasteiger partial charge in [0.05, 0.1) is 30.8 Å². The third kappa shape index (κ3) is 6.61. The van der Waals surface area contributed by atoms with Gasteiger partial charge in [0.15, 0.2) is 27.3 Å². The molecular formula is C19H32IN3O5S. The summed E-state index contributed by atoms with van der Waals surface area (Å²) in [5.41, 5.74) is 0.937. The maximum atomic E-state index is 12.3. The first-order valence-corrected chi connectivity index (χ1v) is 11.1. The van der Waals surface area contributed by atoms with Crippen LogP contribution in [0.5, 0.6) is 11.5 Å². The maximum Gasteiger partial charge on any atom is 0.194 e. The highest BCUT2D eigenvalue weighted by Crippen LogP contribution is 2.28. The molecule has 1 fully saturated rings. The van der Waals surface area contributed by atoms with Crippen LogP contribution in [0.3, 0.4) is 0 Å². The van der Waals surface area contributed by atoms with Gasteiger partial charge in [-0.2, -0.15) is 0 Å². The largest absolute Gasteiger partial charge is 0.493 e. The topological polar surface area (TPSA) is 100 Å². The molecule has 8 nitrogen and oxygen atoms in total. The van der Waals surface area contributed by atoms with Gasteiger partial charge >= 0.3 is 0 Å². The minimum absolute atomic E-state index is 0. The molecule has 0 amide bonds. The molecule has 0 aromatic heterocycles. The van der Waals surface area contributed by atoms with E-state index in [1.165, 1.54) is 0 Å². The van der Waals surface area contributed by atoms with Crippen molar-refractivity contribution in [2.75, 3.05) is 45.7 Å². The van der Waals surface area contributed by atoms with Gasteiger partial charge in [0, 0.05) is 19.6 Å². The van der Waals surface area contributed by atoms with Gasteiger partial charge in [-0.1, -0.05) is 6.07 Å². The molecule has 1 aliphatic rings. The molecule has 166 valence electrons. The summed E-state index contributed by atoms with van der Waals surface area (Å²) >= 11 is 0. The highest BCUT2D eigenvalue weighted by molar-refractivity contribution is 14.0. The monoisotopic (exact) mass is 541 g/mol. The Kier molecular flexibility index (Phi) is 9.96. The predicted octanol–water partition coefficient (Wildman–Crippen LogP) is 1.66. The van der Waals surface area contributed by atoms with Crippen molar-refractivity contribution in [3.63, 3.8) is 0 Å². The van der Waals surface area contributed by atoms with E-state index < -0.39 is 14.6 Å². The average molecular weight is 541 g/mol. The van der Waals surface area contributed by atoms with E-state index in [2.05, 4.69) is 10.3 Å². The van der Waals surface area contributed by atoms with Crippen LogP contribution in [-0.4, -0.2) is 74.8 Å². The van der Waals surface area contributed by atoms with Gasteiger partial charge in [-0.05, 0) is 38.5 Å². The quantitative estimate of drug-likeness (QED) is 0.308. The molecule has 0 atom stereocenters. The number of aliphatic hydroxyl groups excluding tert-OH is 1. The Hall–Kier alpha value is -1.27. The van der Waals surface area contributed by atoms with Crippen LogP contribution in [0.2, 0.25) is 0 Å². The number of rotatable bonds is 7. The van der Waals surface area contributed by atoms with E-state index in [-0.39, 0.29) is 42.9 Å². The van der Waals surface area contributed by atoms with Crippen LogP contribution in [0.15, 0.2) is 23.2 Å². The second-order valence-electron chi connectivity index (χ2n) is 7.23. The fourth-order valence-corrected chi connectivity index (χ4v) is 4.37. The van der Waals surface area contributed by atoms with Crippen molar-refractivity contribution >= 4 is 39.8 Å². The summed E-state index contributed by atoms with van der Waals surface area (Å²) in [6.45, 7) is 7.57. The Morgan fingerprint density at radius 3 is 2.66 bits per heavy atom. The molecule has 0 aliphatic carbocycles. The Morgan fingerprint density at radius 2 is 2.07 bits per heavy atom. The van der Waals surface area contributed by atoms with Gasteiger partial charge in [-0.15, -0.1) is 24.0 Å². The lowest BCUT2D eigenvalue weighted by Gasteiger charge is -2.39. The molecule has 0 bridgehead atoms. The smallest absolute Gasteiger partial charge is 0.194 e. The zero-order chi connectivity index (χ0) is 20.8. The van der Waals surface area contributed by atoms with Crippen LogP contribution in [0.1, 0.15) is 26.3 Å². The number of hydrogen-bond donors (Lipinski definition) is 2. The fraction of sp³-hybridized carbons (Fsp3) is 0.632. The van der Waals surface area contributed by atoms with Crippen molar-refractivity contribution in [2.24, 2.45) is 4.99 Å². The summed E-state index contributed by atoms with van der Waals surface area (Å²) < 4.78 is 34.5. The third-order valence-corrected chi connectivity index (χ3v) is 7.20. The molecule has 0 radical (unpaired) electrons. The summed E-state index contributed by atoms with van der Waals surface area (Å²) in [4.78, 5) is 6.69. The number of nitrogens with one attached hydrogen (secondary N) is 1. The Morgan fingerprint density at radius 1 is 1.34 bits per heavy atom. The number of guanidine groups is 1. The number of aliphatic hydroxyl groups is 1. The molecule has 0 saturated carbocycles. The lowest BCUT2D eigenvalue weighted by atomic mass is 10.2. The first-order valence-electron chi connectivity index (χ1n) is 9.40. The van der Waals surface area contributed by atoms with Crippen LogP contribution in [-0.2, 0) is 16.4 Å². The van der Waals surface area contributed by atoms with Gasteiger partial charge in [0.25, 0.3) is 0 Å². The van der Waals surface area contributed by atoms with Crippen LogP contribution < -0.4 is 14.8 Å². The molecule has 2 N–H and O–H groups in total. The van der Waals surface area contributed by atoms with Gasteiger partial charge in [-0.3, -0.25) is 0 Å². The average Bonchev–Trinajstić information content (AvgIpc) is 2.66. The molecule has 2 rings (SSSR count). The number of halogens is 1. The van der Waals surface area contributed by atoms with Crippen LogP contribution in [0.4, 0.5) is 0 Å². The van der Waals surface area contributed by atoms with Crippen molar-refractivity contribution in [3.8, 4) is 11.5 Å². The van der Waals surface area contributed by atoms with Crippen molar-refractivity contribution in [2.45, 2.75) is 32.1 Å². The molecule has 1 aliphatic heterocycles. The second kappa shape index (κ2) is 11.2. The highest BCUT2D eigenvalue weighted by atomic mass is 127. The summed E-state index contributed by atoms with van der Waals surface area (Å²) in [7, 11) is -1.54. The summed E-state index contributed by atoms with van der Waals surface area (Å²) in [5.74, 6) is 1.97. The van der Waals surface area contributed by atoms with Gasteiger partial charge in [-0.25, -0.2) is 13.4 Å². The molecule has 10 heteroatoms. The van der Waals surface area contributed by atoms with E-state index in [0.29, 0.717) is 43.6 Å². The molecular weight excluding hydrogens is 509 g/mol.